The Morgan fingerprint density at radius 3 is 2.63 bits per heavy atom. The first-order valence-electron chi connectivity index (χ1n) is 7.17. The van der Waals surface area contributed by atoms with Crippen molar-refractivity contribution in [1.82, 2.24) is 0 Å². The number of carbonyl (C=O) groups excluding carboxylic acids is 1. The number of aliphatic hydroxyl groups excluding tert-OH is 2. The van der Waals surface area contributed by atoms with Crippen molar-refractivity contribution in [3.63, 3.8) is 0 Å². The van der Waals surface area contributed by atoms with Crippen LogP contribution in [0.4, 0.5) is 0 Å². The third-order valence-corrected chi connectivity index (χ3v) is 5.54. The second-order valence-corrected chi connectivity index (χ2v) is 6.56. The lowest BCUT2D eigenvalue weighted by Gasteiger charge is -2.28. The first-order chi connectivity index (χ1) is 8.91. The van der Waals surface area contributed by atoms with Gasteiger partial charge in [-0.25, -0.2) is 0 Å². The molecule has 0 aromatic heterocycles. The average Bonchev–Trinajstić information content (AvgIpc) is 2.75. The second kappa shape index (κ2) is 4.32. The van der Waals surface area contributed by atoms with E-state index in [1.807, 2.05) is 6.92 Å². The average molecular weight is 266 g/mol. The topological polar surface area (TPSA) is 66.8 Å². The Morgan fingerprint density at radius 2 is 1.95 bits per heavy atom. The Kier molecular flexibility index (Phi) is 2.98. The number of aliphatic hydroxyl groups is 2. The van der Waals surface area contributed by atoms with E-state index in [9.17, 15) is 15.0 Å². The summed E-state index contributed by atoms with van der Waals surface area (Å²) in [7, 11) is 0. The van der Waals surface area contributed by atoms with Gasteiger partial charge in [0.25, 0.3) is 0 Å². The molecule has 1 heterocycles. The molecule has 3 fully saturated rings. The third kappa shape index (κ3) is 1.77. The van der Waals surface area contributed by atoms with E-state index >= 15 is 0 Å². The van der Waals surface area contributed by atoms with Crippen LogP contribution < -0.4 is 0 Å². The molecule has 8 atom stereocenters. The molecule has 0 unspecified atom stereocenters. The van der Waals surface area contributed by atoms with Crippen LogP contribution in [-0.2, 0) is 9.53 Å². The molecule has 1 saturated heterocycles. The second-order valence-electron chi connectivity index (χ2n) is 6.56. The Balaban J connectivity index is 2.00. The van der Waals surface area contributed by atoms with E-state index < -0.39 is 12.2 Å². The summed E-state index contributed by atoms with van der Waals surface area (Å²) in [5.74, 6) is -0.0864. The molecule has 0 amide bonds. The number of hydrogen-bond donors (Lipinski definition) is 2. The Morgan fingerprint density at radius 1 is 1.26 bits per heavy atom. The van der Waals surface area contributed by atoms with Gasteiger partial charge in [-0.3, -0.25) is 4.79 Å². The van der Waals surface area contributed by atoms with Crippen LogP contribution in [0.5, 0.6) is 0 Å². The minimum absolute atomic E-state index is 0.000972. The van der Waals surface area contributed by atoms with E-state index in [0.29, 0.717) is 18.8 Å². The van der Waals surface area contributed by atoms with E-state index in [4.69, 9.17) is 4.74 Å². The highest BCUT2D eigenvalue weighted by Gasteiger charge is 2.57. The first kappa shape index (κ1) is 13.1. The van der Waals surface area contributed by atoms with Gasteiger partial charge in [-0.15, -0.1) is 0 Å². The third-order valence-electron chi connectivity index (χ3n) is 5.54. The molecule has 3 aliphatic rings. The molecule has 1 aliphatic heterocycles. The van der Waals surface area contributed by atoms with Gasteiger partial charge in [-0.1, -0.05) is 20.4 Å². The van der Waals surface area contributed by atoms with Crippen molar-refractivity contribution < 1.29 is 19.7 Å². The summed E-state index contributed by atoms with van der Waals surface area (Å²) in [6, 6.07) is 0. The van der Waals surface area contributed by atoms with E-state index in [0.717, 1.165) is 5.57 Å². The van der Waals surface area contributed by atoms with Crippen LogP contribution in [0.1, 0.15) is 26.7 Å². The molecule has 4 heteroatoms. The molecule has 0 radical (unpaired) electrons. The molecule has 106 valence electrons. The van der Waals surface area contributed by atoms with Crippen LogP contribution in [0, 0.1) is 29.6 Å². The minimum Gasteiger partial charge on any atom is -0.461 e. The van der Waals surface area contributed by atoms with Crippen LogP contribution in [0.2, 0.25) is 0 Å². The summed E-state index contributed by atoms with van der Waals surface area (Å²) >= 11 is 0. The van der Waals surface area contributed by atoms with Gasteiger partial charge in [0.15, 0.2) is 0 Å². The first-order valence-corrected chi connectivity index (χ1v) is 7.17. The zero-order chi connectivity index (χ0) is 13.9. The molecular formula is C15H22O4. The molecule has 0 bridgehead atoms. The van der Waals surface area contributed by atoms with E-state index in [1.165, 1.54) is 0 Å². The molecule has 0 aromatic rings. The molecular weight excluding hydrogens is 244 g/mol. The molecule has 0 aromatic carbocycles. The van der Waals surface area contributed by atoms with Crippen molar-refractivity contribution in [2.24, 2.45) is 29.6 Å². The predicted molar refractivity (Wildman–Crippen MR) is 69.1 cm³/mol. The van der Waals surface area contributed by atoms with Gasteiger partial charge in [0.1, 0.15) is 6.10 Å². The molecule has 0 spiro atoms. The molecule has 2 saturated carbocycles. The summed E-state index contributed by atoms with van der Waals surface area (Å²) in [6.07, 6.45) is 0.0348. The number of esters is 1. The van der Waals surface area contributed by atoms with Crippen molar-refractivity contribution in [2.75, 3.05) is 0 Å². The predicted octanol–water partition coefficient (Wildman–Crippen LogP) is 1.12. The fourth-order valence-corrected chi connectivity index (χ4v) is 4.43. The normalized spacial score (nSPS) is 53.5. The number of carbonyl (C=O) groups is 1. The van der Waals surface area contributed by atoms with Crippen molar-refractivity contribution >= 4 is 5.97 Å². The van der Waals surface area contributed by atoms with Gasteiger partial charge in [0, 0.05) is 11.8 Å². The maximum absolute atomic E-state index is 11.8. The summed E-state index contributed by atoms with van der Waals surface area (Å²) in [5.41, 5.74) is 0.780. The Labute approximate surface area is 113 Å². The van der Waals surface area contributed by atoms with Gasteiger partial charge in [0.05, 0.1) is 18.1 Å². The van der Waals surface area contributed by atoms with Crippen LogP contribution in [0.3, 0.4) is 0 Å². The molecule has 4 nitrogen and oxygen atoms in total. The zero-order valence-electron chi connectivity index (χ0n) is 11.5. The maximum atomic E-state index is 11.8. The van der Waals surface area contributed by atoms with Crippen LogP contribution in [0.25, 0.3) is 0 Å². The lowest BCUT2D eigenvalue weighted by Crippen LogP contribution is -2.35. The van der Waals surface area contributed by atoms with Crippen LogP contribution in [-0.4, -0.2) is 34.5 Å². The Hall–Kier alpha value is -0.870. The zero-order valence-corrected chi connectivity index (χ0v) is 11.5. The van der Waals surface area contributed by atoms with E-state index in [-0.39, 0.29) is 35.7 Å². The summed E-state index contributed by atoms with van der Waals surface area (Å²) in [5, 5.41) is 20.5. The van der Waals surface area contributed by atoms with Gasteiger partial charge in [-0.05, 0) is 30.3 Å². The number of hydrogen-bond acceptors (Lipinski definition) is 4. The van der Waals surface area contributed by atoms with Gasteiger partial charge < -0.3 is 14.9 Å². The molecule has 3 rings (SSSR count). The van der Waals surface area contributed by atoms with Crippen LogP contribution >= 0.6 is 0 Å². The molecule has 19 heavy (non-hydrogen) atoms. The van der Waals surface area contributed by atoms with Crippen molar-refractivity contribution in [3.05, 3.63) is 12.2 Å². The SMILES string of the molecule is C=C1[C@@H]2[C@@H](C[C@@H]1O)[C@H](C)C[C@H](O)[C@@H]1[C@@H]2OC(=O)[C@H]1C. The standard InChI is InChI=1S/C15H22O4/c1-6-4-11(17)13-8(3)15(18)19-14(13)12-7(2)10(16)5-9(6)12/h6,8-14,16-17H,2,4-5H2,1,3H3/t6-,8+,9+,10+,11+,12-,13-,14-/m1/s1. The summed E-state index contributed by atoms with van der Waals surface area (Å²) < 4.78 is 5.54. The van der Waals surface area contributed by atoms with Crippen molar-refractivity contribution in [1.29, 1.82) is 0 Å². The van der Waals surface area contributed by atoms with Crippen LogP contribution in [0.15, 0.2) is 12.2 Å². The highest BCUT2D eigenvalue weighted by atomic mass is 16.6. The lowest BCUT2D eigenvalue weighted by molar-refractivity contribution is -0.145. The Bertz CT molecular complexity index is 418. The smallest absolute Gasteiger partial charge is 0.309 e. The minimum atomic E-state index is -0.503. The van der Waals surface area contributed by atoms with Crippen molar-refractivity contribution in [3.8, 4) is 0 Å². The van der Waals surface area contributed by atoms with Gasteiger partial charge in [0.2, 0.25) is 0 Å². The van der Waals surface area contributed by atoms with Crippen molar-refractivity contribution in [2.45, 2.75) is 45.0 Å². The maximum Gasteiger partial charge on any atom is 0.309 e. The molecule has 2 aliphatic carbocycles. The number of fused-ring (bicyclic) bond motifs is 3. The lowest BCUT2D eigenvalue weighted by atomic mass is 9.79. The quantitative estimate of drug-likeness (QED) is 0.509. The fraction of sp³-hybridized carbons (Fsp3) is 0.800. The van der Waals surface area contributed by atoms with Gasteiger partial charge >= 0.3 is 5.97 Å². The fourth-order valence-electron chi connectivity index (χ4n) is 4.43. The summed E-state index contributed by atoms with van der Waals surface area (Å²) in [6.45, 7) is 7.95. The number of ether oxygens (including phenoxy) is 1. The van der Waals surface area contributed by atoms with E-state index in [1.54, 1.807) is 0 Å². The monoisotopic (exact) mass is 266 g/mol. The summed E-state index contributed by atoms with van der Waals surface area (Å²) in [4.78, 5) is 11.8. The molecule has 2 N–H and O–H groups in total. The van der Waals surface area contributed by atoms with E-state index in [2.05, 4.69) is 13.5 Å². The highest BCUT2D eigenvalue weighted by Crippen LogP contribution is 2.52. The highest BCUT2D eigenvalue weighted by molar-refractivity contribution is 5.75. The number of rotatable bonds is 0. The largest absolute Gasteiger partial charge is 0.461 e. The van der Waals surface area contributed by atoms with Gasteiger partial charge in [-0.2, -0.15) is 0 Å².